The van der Waals surface area contributed by atoms with Gasteiger partial charge >= 0.3 is 5.97 Å². The lowest BCUT2D eigenvalue weighted by Gasteiger charge is -2.31. The number of nitrogens with zero attached hydrogens (tertiary/aromatic N) is 2. The van der Waals surface area contributed by atoms with Crippen LogP contribution in [0.1, 0.15) is 30.5 Å². The van der Waals surface area contributed by atoms with Gasteiger partial charge < -0.3 is 9.47 Å². The summed E-state index contributed by atoms with van der Waals surface area (Å²) in [6.07, 6.45) is 2.44. The normalized spacial score (nSPS) is 20.0. The third-order valence-electron chi connectivity index (χ3n) is 3.29. The summed E-state index contributed by atoms with van der Waals surface area (Å²) in [5.41, 5.74) is 1.12. The minimum absolute atomic E-state index is 0.0649. The maximum Gasteiger partial charge on any atom is 0.308 e. The number of hydrogen-bond acceptors (Lipinski definition) is 6. The van der Waals surface area contributed by atoms with Crippen LogP contribution in [0.2, 0.25) is 0 Å². The van der Waals surface area contributed by atoms with Crippen molar-refractivity contribution in [2.45, 2.75) is 38.8 Å². The van der Waals surface area contributed by atoms with Crippen LogP contribution in [0.15, 0.2) is 5.38 Å². The SMILES string of the molecule is CCCc1nc(CN2CCOC(CC(=O)OC)C2)cs1. The van der Waals surface area contributed by atoms with Gasteiger partial charge in [-0.25, -0.2) is 4.98 Å². The van der Waals surface area contributed by atoms with Crippen LogP contribution in [0.4, 0.5) is 0 Å². The molecule has 2 heterocycles. The van der Waals surface area contributed by atoms with E-state index in [1.54, 1.807) is 11.3 Å². The summed E-state index contributed by atoms with van der Waals surface area (Å²) in [4.78, 5) is 18.2. The number of aromatic nitrogens is 1. The number of thiazole rings is 1. The van der Waals surface area contributed by atoms with Gasteiger partial charge in [0, 0.05) is 25.0 Å². The molecule has 1 aromatic heterocycles. The molecule has 0 N–H and O–H groups in total. The van der Waals surface area contributed by atoms with E-state index in [2.05, 4.69) is 26.9 Å². The molecule has 1 aromatic rings. The van der Waals surface area contributed by atoms with Crippen molar-refractivity contribution < 1.29 is 14.3 Å². The first-order valence-electron chi connectivity index (χ1n) is 7.05. The molecule has 0 aliphatic carbocycles. The van der Waals surface area contributed by atoms with Gasteiger partial charge in [-0.05, 0) is 12.8 Å². The Labute approximate surface area is 123 Å². The molecule has 1 saturated heterocycles. The molecule has 6 heteroatoms. The largest absolute Gasteiger partial charge is 0.469 e. The van der Waals surface area contributed by atoms with Gasteiger partial charge in [0.1, 0.15) is 0 Å². The average molecular weight is 298 g/mol. The van der Waals surface area contributed by atoms with E-state index in [0.717, 1.165) is 38.2 Å². The van der Waals surface area contributed by atoms with Crippen LogP contribution in [0.3, 0.4) is 0 Å². The molecule has 0 spiro atoms. The fourth-order valence-corrected chi connectivity index (χ4v) is 3.19. The number of carbonyl (C=O) groups is 1. The molecule has 0 bridgehead atoms. The minimum Gasteiger partial charge on any atom is -0.469 e. The lowest BCUT2D eigenvalue weighted by Crippen LogP contribution is -2.42. The van der Waals surface area contributed by atoms with Crippen LogP contribution in [-0.4, -0.2) is 48.8 Å². The second-order valence-electron chi connectivity index (χ2n) is 4.99. The van der Waals surface area contributed by atoms with Gasteiger partial charge in [-0.1, -0.05) is 6.92 Å². The molecule has 1 atom stereocenters. The standard InChI is InChI=1S/C14H22N2O3S/c1-3-4-13-15-11(10-20-13)8-16-5-6-19-12(9-16)7-14(17)18-2/h10,12H,3-9H2,1-2H3. The Balaban J connectivity index is 1.83. The highest BCUT2D eigenvalue weighted by molar-refractivity contribution is 7.09. The highest BCUT2D eigenvalue weighted by Crippen LogP contribution is 2.16. The summed E-state index contributed by atoms with van der Waals surface area (Å²) in [6.45, 7) is 5.31. The summed E-state index contributed by atoms with van der Waals surface area (Å²) >= 11 is 1.73. The van der Waals surface area contributed by atoms with Gasteiger partial charge in [0.05, 0.1) is 36.9 Å². The van der Waals surface area contributed by atoms with E-state index in [1.165, 1.54) is 12.1 Å². The molecule has 2 rings (SSSR count). The Hall–Kier alpha value is -0.980. The second kappa shape index (κ2) is 7.71. The number of rotatable bonds is 6. The Morgan fingerprint density at radius 2 is 2.50 bits per heavy atom. The number of morpholine rings is 1. The first kappa shape index (κ1) is 15.4. The van der Waals surface area contributed by atoms with E-state index in [-0.39, 0.29) is 12.1 Å². The lowest BCUT2D eigenvalue weighted by atomic mass is 10.2. The van der Waals surface area contributed by atoms with E-state index < -0.39 is 0 Å². The fourth-order valence-electron chi connectivity index (χ4n) is 2.30. The van der Waals surface area contributed by atoms with Crippen molar-refractivity contribution in [1.82, 2.24) is 9.88 Å². The van der Waals surface area contributed by atoms with Gasteiger partial charge in [-0.15, -0.1) is 11.3 Å². The lowest BCUT2D eigenvalue weighted by molar-refractivity contribution is -0.145. The first-order valence-corrected chi connectivity index (χ1v) is 7.93. The number of carbonyl (C=O) groups excluding carboxylic acids is 1. The quantitative estimate of drug-likeness (QED) is 0.750. The summed E-state index contributed by atoms with van der Waals surface area (Å²) in [6, 6.07) is 0. The Bertz CT molecular complexity index is 436. The second-order valence-corrected chi connectivity index (χ2v) is 5.93. The molecule has 20 heavy (non-hydrogen) atoms. The van der Waals surface area contributed by atoms with E-state index in [9.17, 15) is 4.79 Å². The number of hydrogen-bond donors (Lipinski definition) is 0. The predicted molar refractivity (Wildman–Crippen MR) is 77.8 cm³/mol. The molecular formula is C14H22N2O3S. The van der Waals surface area contributed by atoms with Crippen LogP contribution in [-0.2, 0) is 27.2 Å². The van der Waals surface area contributed by atoms with Gasteiger partial charge in [0.2, 0.25) is 0 Å². The van der Waals surface area contributed by atoms with Crippen LogP contribution >= 0.6 is 11.3 Å². The van der Waals surface area contributed by atoms with Crippen LogP contribution < -0.4 is 0 Å². The highest BCUT2D eigenvalue weighted by Gasteiger charge is 2.23. The molecule has 0 amide bonds. The number of methoxy groups -OCH3 is 1. The molecule has 112 valence electrons. The Kier molecular flexibility index (Phi) is 5.94. The zero-order chi connectivity index (χ0) is 14.4. The number of esters is 1. The Morgan fingerprint density at radius 1 is 1.65 bits per heavy atom. The van der Waals surface area contributed by atoms with Gasteiger partial charge in [-0.3, -0.25) is 9.69 Å². The molecule has 0 aromatic carbocycles. The minimum atomic E-state index is -0.212. The van der Waals surface area contributed by atoms with Crippen molar-refractivity contribution in [3.63, 3.8) is 0 Å². The van der Waals surface area contributed by atoms with Gasteiger partial charge in [-0.2, -0.15) is 0 Å². The fraction of sp³-hybridized carbons (Fsp3) is 0.714. The van der Waals surface area contributed by atoms with E-state index in [0.29, 0.717) is 13.0 Å². The molecule has 5 nitrogen and oxygen atoms in total. The maximum absolute atomic E-state index is 11.3. The molecule has 0 radical (unpaired) electrons. The summed E-state index contributed by atoms with van der Waals surface area (Å²) in [7, 11) is 1.41. The monoisotopic (exact) mass is 298 g/mol. The third kappa shape index (κ3) is 4.54. The number of ether oxygens (including phenoxy) is 2. The van der Waals surface area contributed by atoms with E-state index >= 15 is 0 Å². The third-order valence-corrected chi connectivity index (χ3v) is 4.25. The van der Waals surface area contributed by atoms with Crippen LogP contribution in [0, 0.1) is 0 Å². The van der Waals surface area contributed by atoms with Crippen molar-refractivity contribution in [1.29, 1.82) is 0 Å². The zero-order valence-corrected chi connectivity index (χ0v) is 12.9. The highest BCUT2D eigenvalue weighted by atomic mass is 32.1. The maximum atomic E-state index is 11.3. The molecule has 1 unspecified atom stereocenters. The predicted octanol–water partition coefficient (Wildman–Crippen LogP) is 1.86. The van der Waals surface area contributed by atoms with E-state index in [1.807, 2.05) is 0 Å². The van der Waals surface area contributed by atoms with Crippen LogP contribution in [0.25, 0.3) is 0 Å². The average Bonchev–Trinajstić information content (AvgIpc) is 2.87. The van der Waals surface area contributed by atoms with Crippen LogP contribution in [0.5, 0.6) is 0 Å². The zero-order valence-electron chi connectivity index (χ0n) is 12.1. The smallest absolute Gasteiger partial charge is 0.308 e. The number of aryl methyl sites for hydroxylation is 1. The molecule has 0 saturated carbocycles. The van der Waals surface area contributed by atoms with Crippen molar-refractivity contribution in [2.75, 3.05) is 26.8 Å². The topological polar surface area (TPSA) is 51.7 Å². The Morgan fingerprint density at radius 3 is 3.25 bits per heavy atom. The van der Waals surface area contributed by atoms with Crippen molar-refractivity contribution in [2.24, 2.45) is 0 Å². The summed E-state index contributed by atoms with van der Waals surface area (Å²) in [5.74, 6) is -0.212. The summed E-state index contributed by atoms with van der Waals surface area (Å²) in [5, 5.41) is 3.34. The van der Waals surface area contributed by atoms with Crippen molar-refractivity contribution in [3.05, 3.63) is 16.1 Å². The van der Waals surface area contributed by atoms with Crippen molar-refractivity contribution >= 4 is 17.3 Å². The molecule has 1 aliphatic rings. The van der Waals surface area contributed by atoms with E-state index in [4.69, 9.17) is 4.74 Å². The molecular weight excluding hydrogens is 276 g/mol. The van der Waals surface area contributed by atoms with Gasteiger partial charge in [0.15, 0.2) is 0 Å². The summed E-state index contributed by atoms with van der Waals surface area (Å²) < 4.78 is 10.3. The molecule has 1 fully saturated rings. The van der Waals surface area contributed by atoms with Crippen molar-refractivity contribution in [3.8, 4) is 0 Å². The molecule has 1 aliphatic heterocycles. The van der Waals surface area contributed by atoms with Gasteiger partial charge in [0.25, 0.3) is 0 Å². The first-order chi connectivity index (χ1) is 9.71.